The molecule has 2 aromatic heterocycles. The van der Waals surface area contributed by atoms with Gasteiger partial charge in [0.15, 0.2) is 11.5 Å². The Balaban J connectivity index is 1.54. The summed E-state index contributed by atoms with van der Waals surface area (Å²) < 4.78 is 0. The van der Waals surface area contributed by atoms with Gasteiger partial charge in [-0.3, -0.25) is 14.7 Å². The van der Waals surface area contributed by atoms with E-state index in [4.69, 9.17) is 5.73 Å². The number of carbonyl (C=O) groups excluding carboxylic acids is 1. The smallest absolute Gasteiger partial charge is 0.273 e. The highest BCUT2D eigenvalue weighted by molar-refractivity contribution is 5.96. The van der Waals surface area contributed by atoms with Crippen LogP contribution in [-0.4, -0.2) is 44.9 Å². The third kappa shape index (κ3) is 3.68. The molecular formula is C17H22N6O. The molecule has 0 bridgehead atoms. The summed E-state index contributed by atoms with van der Waals surface area (Å²) in [6.45, 7) is 4.07. The zero-order chi connectivity index (χ0) is 16.9. The molecule has 7 nitrogen and oxygen atoms in total. The SMILES string of the molecule is C[C@H](c1ccncc1)N1CCC(NC(=O)c2nccnc2N)CC1. The van der Waals surface area contributed by atoms with Gasteiger partial charge in [-0.05, 0) is 37.5 Å². The molecule has 0 spiro atoms. The largest absolute Gasteiger partial charge is 0.382 e. The fourth-order valence-corrected chi connectivity index (χ4v) is 3.06. The molecule has 1 atom stereocenters. The number of pyridine rings is 1. The van der Waals surface area contributed by atoms with Crippen molar-refractivity contribution in [2.24, 2.45) is 0 Å². The lowest BCUT2D eigenvalue weighted by molar-refractivity contribution is 0.0891. The summed E-state index contributed by atoms with van der Waals surface area (Å²) in [5, 5.41) is 3.02. The number of rotatable bonds is 4. The highest BCUT2D eigenvalue weighted by Gasteiger charge is 2.25. The first-order chi connectivity index (χ1) is 11.6. The van der Waals surface area contributed by atoms with Crippen LogP contribution in [0.2, 0.25) is 0 Å². The second kappa shape index (κ2) is 7.35. The number of nitrogen functional groups attached to an aromatic ring is 1. The molecule has 1 aliphatic heterocycles. The normalized spacial score (nSPS) is 17.4. The zero-order valence-corrected chi connectivity index (χ0v) is 13.7. The summed E-state index contributed by atoms with van der Waals surface area (Å²) in [5.41, 5.74) is 7.17. The van der Waals surface area contributed by atoms with Gasteiger partial charge in [-0.25, -0.2) is 9.97 Å². The minimum atomic E-state index is -0.249. The number of aromatic nitrogens is 3. The average molecular weight is 326 g/mol. The molecule has 126 valence electrons. The topological polar surface area (TPSA) is 97.0 Å². The number of hydrogen-bond acceptors (Lipinski definition) is 6. The summed E-state index contributed by atoms with van der Waals surface area (Å²) in [5.74, 6) is -0.0834. The van der Waals surface area contributed by atoms with Crippen molar-refractivity contribution >= 4 is 11.7 Å². The number of amides is 1. The maximum Gasteiger partial charge on any atom is 0.273 e. The number of nitrogens with one attached hydrogen (secondary N) is 1. The van der Waals surface area contributed by atoms with Crippen LogP contribution in [0.15, 0.2) is 36.9 Å². The quantitative estimate of drug-likeness (QED) is 0.882. The molecule has 3 heterocycles. The fraction of sp³-hybridized carbons (Fsp3) is 0.412. The van der Waals surface area contributed by atoms with Crippen molar-refractivity contribution in [3.8, 4) is 0 Å². The van der Waals surface area contributed by atoms with Gasteiger partial charge >= 0.3 is 0 Å². The summed E-state index contributed by atoms with van der Waals surface area (Å²) in [6.07, 6.45) is 8.41. The van der Waals surface area contributed by atoms with Gasteiger partial charge in [0.25, 0.3) is 5.91 Å². The molecule has 1 saturated heterocycles. The summed E-state index contributed by atoms with van der Waals surface area (Å²) in [4.78, 5) is 26.7. The van der Waals surface area contributed by atoms with Gasteiger partial charge in [0.1, 0.15) is 0 Å². The molecule has 0 unspecified atom stereocenters. The molecule has 1 aliphatic rings. The van der Waals surface area contributed by atoms with Gasteiger partial charge in [-0.2, -0.15) is 0 Å². The van der Waals surface area contributed by atoms with E-state index in [0.29, 0.717) is 6.04 Å². The first-order valence-electron chi connectivity index (χ1n) is 8.16. The molecule has 0 radical (unpaired) electrons. The summed E-state index contributed by atoms with van der Waals surface area (Å²) in [7, 11) is 0. The summed E-state index contributed by atoms with van der Waals surface area (Å²) >= 11 is 0. The van der Waals surface area contributed by atoms with Crippen LogP contribution in [0.25, 0.3) is 0 Å². The van der Waals surface area contributed by atoms with Crippen LogP contribution in [0.4, 0.5) is 5.82 Å². The highest BCUT2D eigenvalue weighted by atomic mass is 16.2. The number of anilines is 1. The Morgan fingerprint density at radius 1 is 1.21 bits per heavy atom. The van der Waals surface area contributed by atoms with Crippen LogP contribution in [0.3, 0.4) is 0 Å². The number of nitrogens with two attached hydrogens (primary N) is 1. The van der Waals surface area contributed by atoms with Crippen molar-refractivity contribution in [3.63, 3.8) is 0 Å². The molecule has 3 N–H and O–H groups in total. The lowest BCUT2D eigenvalue weighted by atomic mass is 10.0. The minimum absolute atomic E-state index is 0.139. The molecule has 0 aliphatic carbocycles. The average Bonchev–Trinajstić information content (AvgIpc) is 2.63. The Kier molecular flexibility index (Phi) is 5.00. The first kappa shape index (κ1) is 16.3. The van der Waals surface area contributed by atoms with Crippen molar-refractivity contribution in [3.05, 3.63) is 48.2 Å². The van der Waals surface area contributed by atoms with Crippen molar-refractivity contribution in [1.29, 1.82) is 0 Å². The van der Waals surface area contributed by atoms with Crippen LogP contribution in [0.5, 0.6) is 0 Å². The van der Waals surface area contributed by atoms with E-state index >= 15 is 0 Å². The molecule has 1 amide bonds. The Bertz CT molecular complexity index is 684. The van der Waals surface area contributed by atoms with Gasteiger partial charge in [0, 0.05) is 50.0 Å². The molecule has 0 aromatic carbocycles. The van der Waals surface area contributed by atoms with E-state index in [1.54, 1.807) is 0 Å². The van der Waals surface area contributed by atoms with Gasteiger partial charge < -0.3 is 11.1 Å². The van der Waals surface area contributed by atoms with Gasteiger partial charge in [0.2, 0.25) is 0 Å². The highest BCUT2D eigenvalue weighted by Crippen LogP contribution is 2.23. The third-order valence-electron chi connectivity index (χ3n) is 4.54. The molecule has 0 saturated carbocycles. The minimum Gasteiger partial charge on any atom is -0.382 e. The molecular weight excluding hydrogens is 304 g/mol. The van der Waals surface area contributed by atoms with E-state index in [0.717, 1.165) is 25.9 Å². The van der Waals surface area contributed by atoms with E-state index in [1.165, 1.54) is 18.0 Å². The Labute approximate surface area is 141 Å². The van der Waals surface area contributed by atoms with Crippen molar-refractivity contribution in [2.75, 3.05) is 18.8 Å². The summed E-state index contributed by atoms with van der Waals surface area (Å²) in [6, 6.07) is 4.59. The number of nitrogens with zero attached hydrogens (tertiary/aromatic N) is 4. The van der Waals surface area contributed by atoms with E-state index < -0.39 is 0 Å². The first-order valence-corrected chi connectivity index (χ1v) is 8.16. The van der Waals surface area contributed by atoms with Crippen LogP contribution >= 0.6 is 0 Å². The third-order valence-corrected chi connectivity index (χ3v) is 4.54. The van der Waals surface area contributed by atoms with Crippen LogP contribution < -0.4 is 11.1 Å². The monoisotopic (exact) mass is 326 g/mol. The molecule has 7 heteroatoms. The number of hydrogen-bond donors (Lipinski definition) is 2. The zero-order valence-electron chi connectivity index (χ0n) is 13.7. The van der Waals surface area contributed by atoms with E-state index in [-0.39, 0.29) is 23.5 Å². The lowest BCUT2D eigenvalue weighted by Gasteiger charge is -2.36. The predicted molar refractivity (Wildman–Crippen MR) is 91.2 cm³/mol. The van der Waals surface area contributed by atoms with Crippen LogP contribution in [0, 0.1) is 0 Å². The Morgan fingerprint density at radius 3 is 2.54 bits per heavy atom. The maximum atomic E-state index is 12.3. The molecule has 3 rings (SSSR count). The van der Waals surface area contributed by atoms with E-state index in [2.05, 4.69) is 44.2 Å². The van der Waals surface area contributed by atoms with Crippen molar-refractivity contribution in [2.45, 2.75) is 31.8 Å². The van der Waals surface area contributed by atoms with E-state index in [1.807, 2.05) is 12.4 Å². The van der Waals surface area contributed by atoms with Crippen molar-refractivity contribution < 1.29 is 4.79 Å². The fourth-order valence-electron chi connectivity index (χ4n) is 3.06. The Hall–Kier alpha value is -2.54. The second-order valence-electron chi connectivity index (χ2n) is 6.03. The van der Waals surface area contributed by atoms with E-state index in [9.17, 15) is 4.79 Å². The van der Waals surface area contributed by atoms with Crippen LogP contribution in [-0.2, 0) is 0 Å². The second-order valence-corrected chi connectivity index (χ2v) is 6.03. The number of carbonyl (C=O) groups is 1. The molecule has 24 heavy (non-hydrogen) atoms. The van der Waals surface area contributed by atoms with Gasteiger partial charge in [-0.15, -0.1) is 0 Å². The van der Waals surface area contributed by atoms with Gasteiger partial charge in [-0.1, -0.05) is 0 Å². The number of piperidine rings is 1. The lowest BCUT2D eigenvalue weighted by Crippen LogP contribution is -2.45. The molecule has 2 aromatic rings. The number of likely N-dealkylation sites (tertiary alicyclic amines) is 1. The maximum absolute atomic E-state index is 12.3. The van der Waals surface area contributed by atoms with Crippen LogP contribution in [0.1, 0.15) is 41.9 Å². The standard InChI is InChI=1S/C17H22N6O/c1-12(13-2-6-19-7-3-13)23-10-4-14(5-11-23)22-17(24)15-16(18)21-9-8-20-15/h2-3,6-9,12,14H,4-5,10-11H2,1H3,(H2,18,21)(H,22,24)/t12-/m1/s1. The molecule has 1 fully saturated rings. The Morgan fingerprint density at radius 2 is 1.88 bits per heavy atom. The van der Waals surface area contributed by atoms with Crippen molar-refractivity contribution in [1.82, 2.24) is 25.2 Å². The van der Waals surface area contributed by atoms with Gasteiger partial charge in [0.05, 0.1) is 0 Å². The predicted octanol–water partition coefficient (Wildman–Crippen LogP) is 1.41.